The quantitative estimate of drug-likeness (QED) is 0.165. The maximum Gasteiger partial charge on any atom is 0.160 e. The zero-order valence-electron chi connectivity index (χ0n) is 20.4. The fourth-order valence-electron chi connectivity index (χ4n) is 4.00. The molecule has 1 aromatic carbocycles. The summed E-state index contributed by atoms with van der Waals surface area (Å²) in [5.74, 6) is 1.36. The number of nitrogens with one attached hydrogen (secondary N) is 2. The molecule has 0 radical (unpaired) electrons. The summed E-state index contributed by atoms with van der Waals surface area (Å²) in [6.07, 6.45) is 1.37. The largest absolute Gasteiger partial charge is 0.340 e. The van der Waals surface area contributed by atoms with E-state index in [9.17, 15) is 5.26 Å². The van der Waals surface area contributed by atoms with Crippen LogP contribution in [0.2, 0.25) is 10.3 Å². The third-order valence-electron chi connectivity index (χ3n) is 5.57. The number of hydrazine groups is 1. The number of anilines is 2. The van der Waals surface area contributed by atoms with Gasteiger partial charge in [0.1, 0.15) is 21.9 Å². The van der Waals surface area contributed by atoms with E-state index in [4.69, 9.17) is 28.2 Å². The van der Waals surface area contributed by atoms with Gasteiger partial charge in [0, 0.05) is 18.1 Å². The lowest BCUT2D eigenvalue weighted by atomic mass is 9.99. The molecule has 0 unspecified atom stereocenters. The van der Waals surface area contributed by atoms with E-state index < -0.39 is 0 Å². The number of hydrogen-bond donors (Lipinski definition) is 2. The number of pyridine rings is 2. The number of allylic oxidation sites excluding steroid dienone is 1. The van der Waals surface area contributed by atoms with Crippen LogP contribution in [-0.4, -0.2) is 19.7 Å². The number of rotatable bonds is 8. The number of nitriles is 1. The van der Waals surface area contributed by atoms with Gasteiger partial charge in [0.05, 0.1) is 24.4 Å². The van der Waals surface area contributed by atoms with E-state index in [1.54, 1.807) is 16.8 Å². The minimum Gasteiger partial charge on any atom is -0.340 e. The van der Waals surface area contributed by atoms with Crippen molar-refractivity contribution in [3.05, 3.63) is 87.6 Å². The van der Waals surface area contributed by atoms with E-state index in [-0.39, 0.29) is 16.2 Å². The third-order valence-corrected chi connectivity index (χ3v) is 5.96. The molecule has 10 heteroatoms. The smallest absolute Gasteiger partial charge is 0.160 e. The first-order valence-electron chi connectivity index (χ1n) is 11.4. The number of fused-ring (bicyclic) bond motifs is 1. The van der Waals surface area contributed by atoms with Crippen molar-refractivity contribution in [1.29, 1.82) is 5.26 Å². The lowest BCUT2D eigenvalue weighted by Gasteiger charge is -2.28. The van der Waals surface area contributed by atoms with Crippen LogP contribution in [-0.2, 0) is 13.6 Å². The van der Waals surface area contributed by atoms with Gasteiger partial charge in [-0.05, 0) is 42.2 Å². The molecule has 0 bridgehead atoms. The lowest BCUT2D eigenvalue weighted by molar-refractivity contribution is 0.690. The van der Waals surface area contributed by atoms with Gasteiger partial charge >= 0.3 is 0 Å². The molecule has 3 heterocycles. The van der Waals surface area contributed by atoms with Crippen LogP contribution in [0.25, 0.3) is 11.0 Å². The van der Waals surface area contributed by atoms with E-state index in [0.717, 1.165) is 27.9 Å². The van der Waals surface area contributed by atoms with Crippen molar-refractivity contribution in [2.24, 2.45) is 7.05 Å². The van der Waals surface area contributed by atoms with Crippen LogP contribution in [0.3, 0.4) is 0 Å². The molecular formula is C26H26Cl2N8. The van der Waals surface area contributed by atoms with Gasteiger partial charge in [-0.25, -0.2) is 9.97 Å². The van der Waals surface area contributed by atoms with Gasteiger partial charge < -0.3 is 5.32 Å². The SMILES string of the molecule is Cc1nn(C)c2nc(N(Cc3ccccc3)N/C(=C/C#N)Nc3cc(Cl)nc(Cl)c3)cc(C(C)C)c12. The Morgan fingerprint density at radius 3 is 2.47 bits per heavy atom. The van der Waals surface area contributed by atoms with Crippen molar-refractivity contribution in [1.82, 2.24) is 25.2 Å². The fourth-order valence-corrected chi connectivity index (χ4v) is 4.46. The van der Waals surface area contributed by atoms with Crippen molar-refractivity contribution in [3.8, 4) is 6.07 Å². The van der Waals surface area contributed by atoms with Gasteiger partial charge in [-0.3, -0.25) is 15.1 Å². The Kier molecular flexibility index (Phi) is 7.63. The van der Waals surface area contributed by atoms with E-state index in [1.165, 1.54) is 6.08 Å². The second-order valence-corrected chi connectivity index (χ2v) is 9.40. The standard InChI is InChI=1S/C26H26Cl2N8/c1-16(2)20-14-24(32-26-25(20)17(3)33-35(26)4)36(15-18-8-6-5-7-9-18)34-23(10-11-29)30-19-12-21(27)31-22(28)13-19/h5-10,12-14,16,34H,15H2,1-4H3,(H,30,31)/b23-10+. The number of hydrogen-bond acceptors (Lipinski definition) is 7. The molecule has 2 N–H and O–H groups in total. The predicted octanol–water partition coefficient (Wildman–Crippen LogP) is 6.09. The first kappa shape index (κ1) is 25.3. The van der Waals surface area contributed by atoms with Crippen LogP contribution in [0.5, 0.6) is 0 Å². The van der Waals surface area contributed by atoms with Crippen LogP contribution in [0.4, 0.5) is 11.5 Å². The summed E-state index contributed by atoms with van der Waals surface area (Å²) in [6, 6.07) is 17.4. The zero-order valence-corrected chi connectivity index (χ0v) is 21.9. The second kappa shape index (κ2) is 10.9. The van der Waals surface area contributed by atoms with Gasteiger partial charge in [-0.2, -0.15) is 10.4 Å². The molecule has 4 rings (SSSR count). The van der Waals surface area contributed by atoms with Crippen LogP contribution < -0.4 is 15.8 Å². The molecule has 0 aliphatic carbocycles. The summed E-state index contributed by atoms with van der Waals surface area (Å²) in [6.45, 7) is 6.78. The number of halogens is 2. The summed E-state index contributed by atoms with van der Waals surface area (Å²) in [5.41, 5.74) is 7.85. The second-order valence-electron chi connectivity index (χ2n) is 8.63. The summed E-state index contributed by atoms with van der Waals surface area (Å²) in [4.78, 5) is 8.93. The van der Waals surface area contributed by atoms with Crippen LogP contribution in [0.1, 0.15) is 36.6 Å². The highest BCUT2D eigenvalue weighted by molar-refractivity contribution is 6.32. The molecule has 0 aliphatic rings. The van der Waals surface area contributed by atoms with Crippen molar-refractivity contribution >= 4 is 45.7 Å². The van der Waals surface area contributed by atoms with Gasteiger partial charge in [-0.15, -0.1) is 0 Å². The van der Waals surface area contributed by atoms with E-state index in [1.807, 2.05) is 49.3 Å². The third kappa shape index (κ3) is 5.70. The molecule has 0 aliphatic heterocycles. The summed E-state index contributed by atoms with van der Waals surface area (Å²) >= 11 is 12.1. The highest BCUT2D eigenvalue weighted by Gasteiger charge is 2.19. The average molecular weight is 521 g/mol. The Hall–Kier alpha value is -3.80. The predicted molar refractivity (Wildman–Crippen MR) is 145 cm³/mol. The highest BCUT2D eigenvalue weighted by Crippen LogP contribution is 2.31. The summed E-state index contributed by atoms with van der Waals surface area (Å²) in [7, 11) is 1.89. The Balaban J connectivity index is 1.78. The van der Waals surface area contributed by atoms with Crippen molar-refractivity contribution in [3.63, 3.8) is 0 Å². The van der Waals surface area contributed by atoms with Crippen molar-refractivity contribution in [2.45, 2.75) is 33.2 Å². The molecule has 0 saturated carbocycles. The molecule has 8 nitrogen and oxygen atoms in total. The Bertz CT molecular complexity index is 1430. The Morgan fingerprint density at radius 1 is 1.14 bits per heavy atom. The lowest BCUT2D eigenvalue weighted by Crippen LogP contribution is -2.40. The summed E-state index contributed by atoms with van der Waals surface area (Å²) < 4.78 is 1.80. The number of aromatic nitrogens is 4. The molecular weight excluding hydrogens is 495 g/mol. The Labute approximate surface area is 220 Å². The van der Waals surface area contributed by atoms with Crippen LogP contribution >= 0.6 is 23.2 Å². The summed E-state index contributed by atoms with van der Waals surface area (Å²) in [5, 5.41) is 20.7. The molecule has 0 amide bonds. The van der Waals surface area contributed by atoms with E-state index in [2.05, 4.69) is 46.8 Å². The molecule has 0 spiro atoms. The normalized spacial score (nSPS) is 11.6. The number of nitrogens with zero attached hydrogens (tertiary/aromatic N) is 6. The molecule has 0 atom stereocenters. The zero-order chi connectivity index (χ0) is 25.8. The highest BCUT2D eigenvalue weighted by atomic mass is 35.5. The molecule has 36 heavy (non-hydrogen) atoms. The fraction of sp³-hybridized carbons (Fsp3) is 0.231. The number of benzene rings is 1. The van der Waals surface area contributed by atoms with Gasteiger partial charge in [0.2, 0.25) is 0 Å². The number of aryl methyl sites for hydroxylation is 2. The first-order chi connectivity index (χ1) is 17.2. The minimum atomic E-state index is 0.239. The van der Waals surface area contributed by atoms with Crippen molar-refractivity contribution in [2.75, 3.05) is 10.3 Å². The van der Waals surface area contributed by atoms with E-state index >= 15 is 0 Å². The van der Waals surface area contributed by atoms with Gasteiger partial charge in [0.25, 0.3) is 0 Å². The monoisotopic (exact) mass is 520 g/mol. The van der Waals surface area contributed by atoms with Gasteiger partial charge in [0.15, 0.2) is 5.65 Å². The first-order valence-corrected chi connectivity index (χ1v) is 12.1. The molecule has 0 fully saturated rings. The maximum atomic E-state index is 9.48. The van der Waals surface area contributed by atoms with Crippen LogP contribution in [0, 0.1) is 18.3 Å². The van der Waals surface area contributed by atoms with Gasteiger partial charge in [-0.1, -0.05) is 67.4 Å². The van der Waals surface area contributed by atoms with E-state index in [0.29, 0.717) is 23.9 Å². The molecule has 3 aromatic heterocycles. The maximum absolute atomic E-state index is 9.48. The van der Waals surface area contributed by atoms with Crippen molar-refractivity contribution < 1.29 is 0 Å². The van der Waals surface area contributed by atoms with Crippen LogP contribution in [0.15, 0.2) is 60.4 Å². The average Bonchev–Trinajstić information content (AvgIpc) is 3.11. The molecule has 4 aromatic rings. The molecule has 0 saturated heterocycles. The Morgan fingerprint density at radius 2 is 1.83 bits per heavy atom. The topological polar surface area (TPSA) is 94.7 Å². The minimum absolute atomic E-state index is 0.239. The molecule has 184 valence electrons.